The lowest BCUT2D eigenvalue weighted by Gasteiger charge is -2.28. The highest BCUT2D eigenvalue weighted by atomic mass is 79.9. The van der Waals surface area contributed by atoms with Crippen LogP contribution >= 0.6 is 28.3 Å². The number of rotatable bonds is 8. The first kappa shape index (κ1) is 21.9. The molecule has 130 valence electrons. The number of benzene rings is 1. The minimum Gasteiger partial charge on any atom is -0.354 e. The van der Waals surface area contributed by atoms with Crippen molar-refractivity contribution in [2.24, 2.45) is 11.1 Å². The quantitative estimate of drug-likeness (QED) is 0.580. The van der Waals surface area contributed by atoms with Crippen molar-refractivity contribution in [3.63, 3.8) is 0 Å². The molecule has 0 radical (unpaired) electrons. The van der Waals surface area contributed by atoms with Gasteiger partial charge in [0.25, 0.3) is 5.91 Å². The molecule has 4 N–H and O–H groups in total. The standard InChI is InChI=1S/C16H24BrN3O2.ClH/c1-3-16(4-2,11-18)15(22)20-9-8-19-14(21)12-6-5-7-13(17)10-12;/h5-7,10H,3-4,8-9,11,18H2,1-2H3,(H,19,21)(H,20,22);1H. The fraction of sp³-hybridized carbons (Fsp3) is 0.500. The molecular formula is C16H25BrClN3O2. The second-order valence-corrected chi connectivity index (χ2v) is 6.13. The van der Waals surface area contributed by atoms with Crippen LogP contribution in [0.1, 0.15) is 37.0 Å². The second kappa shape index (κ2) is 10.6. The Morgan fingerprint density at radius 1 is 1.17 bits per heavy atom. The normalized spacial score (nSPS) is 10.6. The molecule has 1 aromatic rings. The number of carbonyl (C=O) groups excluding carboxylic acids is 2. The zero-order valence-corrected chi connectivity index (χ0v) is 15.9. The summed E-state index contributed by atoms with van der Waals surface area (Å²) in [5.41, 5.74) is 5.81. The predicted octanol–water partition coefficient (Wildman–Crippen LogP) is 2.48. The lowest BCUT2D eigenvalue weighted by molar-refractivity contribution is -0.130. The van der Waals surface area contributed by atoms with Crippen LogP contribution in [-0.4, -0.2) is 31.4 Å². The molecule has 7 heteroatoms. The topological polar surface area (TPSA) is 84.2 Å². The summed E-state index contributed by atoms with van der Waals surface area (Å²) in [7, 11) is 0. The van der Waals surface area contributed by atoms with E-state index in [9.17, 15) is 9.59 Å². The molecule has 0 aromatic heterocycles. The van der Waals surface area contributed by atoms with Crippen molar-refractivity contribution in [1.29, 1.82) is 0 Å². The van der Waals surface area contributed by atoms with Gasteiger partial charge in [-0.25, -0.2) is 0 Å². The first-order valence-corrected chi connectivity index (χ1v) is 8.30. The third kappa shape index (κ3) is 6.12. The Morgan fingerprint density at radius 2 is 1.78 bits per heavy atom. The van der Waals surface area contributed by atoms with E-state index in [0.29, 0.717) is 38.0 Å². The highest BCUT2D eigenvalue weighted by Gasteiger charge is 2.32. The van der Waals surface area contributed by atoms with Crippen LogP contribution in [0.4, 0.5) is 0 Å². The highest BCUT2D eigenvalue weighted by Crippen LogP contribution is 2.24. The van der Waals surface area contributed by atoms with Gasteiger partial charge in [0, 0.05) is 29.7 Å². The molecule has 0 atom stereocenters. The van der Waals surface area contributed by atoms with Gasteiger partial charge >= 0.3 is 0 Å². The number of carbonyl (C=O) groups is 2. The van der Waals surface area contributed by atoms with Crippen molar-refractivity contribution in [3.8, 4) is 0 Å². The minimum absolute atomic E-state index is 0. The monoisotopic (exact) mass is 405 g/mol. The second-order valence-electron chi connectivity index (χ2n) is 5.21. The molecule has 1 aromatic carbocycles. The molecule has 0 unspecified atom stereocenters. The number of halogens is 2. The largest absolute Gasteiger partial charge is 0.354 e. The lowest BCUT2D eigenvalue weighted by atomic mass is 9.81. The Balaban J connectivity index is 0.00000484. The minimum atomic E-state index is -0.506. The molecule has 0 aliphatic heterocycles. The number of nitrogens with two attached hydrogens (primary N) is 1. The molecule has 0 saturated carbocycles. The van der Waals surface area contributed by atoms with Crippen LogP contribution in [0.25, 0.3) is 0 Å². The maximum Gasteiger partial charge on any atom is 0.251 e. The molecule has 0 fully saturated rings. The maximum absolute atomic E-state index is 12.2. The van der Waals surface area contributed by atoms with E-state index in [1.807, 2.05) is 19.9 Å². The first-order chi connectivity index (χ1) is 10.5. The van der Waals surface area contributed by atoms with Gasteiger partial charge in [0.05, 0.1) is 5.41 Å². The summed E-state index contributed by atoms with van der Waals surface area (Å²) in [5.74, 6) is -0.205. The average Bonchev–Trinajstić information content (AvgIpc) is 2.53. The molecule has 0 bridgehead atoms. The predicted molar refractivity (Wildman–Crippen MR) is 98.8 cm³/mol. The van der Waals surface area contributed by atoms with E-state index in [1.165, 1.54) is 0 Å². The summed E-state index contributed by atoms with van der Waals surface area (Å²) in [6, 6.07) is 7.16. The SMILES string of the molecule is CCC(CC)(CN)C(=O)NCCNC(=O)c1cccc(Br)c1.Cl. The lowest BCUT2D eigenvalue weighted by Crippen LogP contribution is -2.47. The summed E-state index contributed by atoms with van der Waals surface area (Å²) in [5, 5.41) is 5.63. The van der Waals surface area contributed by atoms with Gasteiger partial charge in [-0.3, -0.25) is 9.59 Å². The molecule has 23 heavy (non-hydrogen) atoms. The fourth-order valence-electron chi connectivity index (χ4n) is 2.22. The third-order valence-corrected chi connectivity index (χ3v) is 4.50. The van der Waals surface area contributed by atoms with Crippen molar-refractivity contribution < 1.29 is 9.59 Å². The van der Waals surface area contributed by atoms with Crippen molar-refractivity contribution in [3.05, 3.63) is 34.3 Å². The fourth-order valence-corrected chi connectivity index (χ4v) is 2.62. The van der Waals surface area contributed by atoms with E-state index in [-0.39, 0.29) is 24.2 Å². The van der Waals surface area contributed by atoms with E-state index in [0.717, 1.165) is 4.47 Å². The zero-order valence-electron chi connectivity index (χ0n) is 13.5. The van der Waals surface area contributed by atoms with Crippen LogP contribution in [0.5, 0.6) is 0 Å². The van der Waals surface area contributed by atoms with Crippen LogP contribution in [0.15, 0.2) is 28.7 Å². The molecule has 0 aliphatic carbocycles. The van der Waals surface area contributed by atoms with Gasteiger partial charge in [-0.1, -0.05) is 35.8 Å². The molecule has 0 spiro atoms. The Bertz CT molecular complexity index is 514. The van der Waals surface area contributed by atoms with Crippen LogP contribution in [0.2, 0.25) is 0 Å². The first-order valence-electron chi connectivity index (χ1n) is 7.51. The molecule has 0 aliphatic rings. The smallest absolute Gasteiger partial charge is 0.251 e. The Morgan fingerprint density at radius 3 is 2.30 bits per heavy atom. The van der Waals surface area contributed by atoms with Crippen LogP contribution in [0, 0.1) is 5.41 Å². The Labute approximate surface area is 152 Å². The van der Waals surface area contributed by atoms with Crippen LogP contribution in [0.3, 0.4) is 0 Å². The van der Waals surface area contributed by atoms with Gasteiger partial charge < -0.3 is 16.4 Å². The molecular weight excluding hydrogens is 382 g/mol. The van der Waals surface area contributed by atoms with E-state index in [1.54, 1.807) is 18.2 Å². The molecule has 1 rings (SSSR count). The summed E-state index contributed by atoms with van der Waals surface area (Å²) >= 11 is 3.33. The van der Waals surface area contributed by atoms with E-state index >= 15 is 0 Å². The van der Waals surface area contributed by atoms with Gasteiger partial charge in [0.2, 0.25) is 5.91 Å². The molecule has 0 saturated heterocycles. The van der Waals surface area contributed by atoms with Crippen molar-refractivity contribution in [2.45, 2.75) is 26.7 Å². The third-order valence-electron chi connectivity index (χ3n) is 4.01. The molecule has 2 amide bonds. The van der Waals surface area contributed by atoms with Crippen molar-refractivity contribution >= 4 is 40.2 Å². The van der Waals surface area contributed by atoms with Crippen LogP contribution in [-0.2, 0) is 4.79 Å². The van der Waals surface area contributed by atoms with Gasteiger partial charge in [0.15, 0.2) is 0 Å². The summed E-state index contributed by atoms with van der Waals surface area (Å²) in [6.07, 6.45) is 1.41. The number of amides is 2. The van der Waals surface area contributed by atoms with Gasteiger partial charge in [-0.05, 0) is 31.0 Å². The van der Waals surface area contributed by atoms with Crippen molar-refractivity contribution in [2.75, 3.05) is 19.6 Å². The number of hydrogen-bond donors (Lipinski definition) is 3. The van der Waals surface area contributed by atoms with Gasteiger partial charge in [-0.15, -0.1) is 12.4 Å². The van der Waals surface area contributed by atoms with Crippen molar-refractivity contribution in [1.82, 2.24) is 10.6 Å². The number of nitrogens with one attached hydrogen (secondary N) is 2. The zero-order chi connectivity index (χ0) is 16.6. The molecule has 5 nitrogen and oxygen atoms in total. The van der Waals surface area contributed by atoms with Gasteiger partial charge in [0.1, 0.15) is 0 Å². The van der Waals surface area contributed by atoms with Crippen LogP contribution < -0.4 is 16.4 Å². The summed E-state index contributed by atoms with van der Waals surface area (Å²) < 4.78 is 0.854. The summed E-state index contributed by atoms with van der Waals surface area (Å²) in [4.78, 5) is 24.1. The maximum atomic E-state index is 12.2. The number of hydrogen-bond acceptors (Lipinski definition) is 3. The highest BCUT2D eigenvalue weighted by molar-refractivity contribution is 9.10. The Kier molecular flexibility index (Phi) is 10.1. The Hall–Kier alpha value is -1.11. The van der Waals surface area contributed by atoms with E-state index in [2.05, 4.69) is 26.6 Å². The van der Waals surface area contributed by atoms with E-state index < -0.39 is 5.41 Å². The van der Waals surface area contributed by atoms with Gasteiger partial charge in [-0.2, -0.15) is 0 Å². The summed E-state index contributed by atoms with van der Waals surface area (Å²) in [6.45, 7) is 5.03. The van der Waals surface area contributed by atoms with E-state index in [4.69, 9.17) is 5.73 Å². The average molecular weight is 407 g/mol. The molecule has 0 heterocycles.